The molecule has 1 aliphatic carbocycles. The number of hydrogen-bond acceptors (Lipinski definition) is 14. The van der Waals surface area contributed by atoms with Crippen LogP contribution in [-0.4, -0.2) is 144 Å². The lowest BCUT2D eigenvalue weighted by Gasteiger charge is -2.47. The summed E-state index contributed by atoms with van der Waals surface area (Å²) in [4.78, 5) is 43.3. The summed E-state index contributed by atoms with van der Waals surface area (Å²) in [6, 6.07) is 0. The molecule has 0 bridgehead atoms. The zero-order chi connectivity index (χ0) is 35.5. The second-order valence-corrected chi connectivity index (χ2v) is 39.6. The Morgan fingerprint density at radius 3 is 1.61 bits per heavy atom. The Morgan fingerprint density at radius 1 is 0.652 bits per heavy atom. The van der Waals surface area contributed by atoms with Crippen LogP contribution < -0.4 is 0 Å². The minimum Gasteiger partial charge on any atom is -0.437 e. The Kier molecular flexibility index (Phi) is 18.9. The highest BCUT2D eigenvalue weighted by atomic mass is 29.3. The van der Waals surface area contributed by atoms with E-state index in [0.717, 1.165) is 19.3 Å². The molecule has 0 spiro atoms. The molecular weight excluding hydrogens is 705 g/mol. The number of aliphatic hydroxyl groups is 2. The quantitative estimate of drug-likeness (QED) is 0.0548. The predicted molar refractivity (Wildman–Crippen MR) is 187 cm³/mol. The van der Waals surface area contributed by atoms with Crippen molar-refractivity contribution >= 4 is 50.4 Å². The van der Waals surface area contributed by atoms with Crippen LogP contribution in [0, 0.1) is 11.8 Å². The maximum Gasteiger partial charge on any atom is 0.513 e. The van der Waals surface area contributed by atoms with Crippen molar-refractivity contribution in [3.05, 3.63) is 0 Å². The third kappa shape index (κ3) is 18.1. The van der Waals surface area contributed by atoms with E-state index in [2.05, 4.69) is 6.92 Å². The van der Waals surface area contributed by atoms with Crippen molar-refractivity contribution in [2.75, 3.05) is 52.1 Å². The van der Waals surface area contributed by atoms with Gasteiger partial charge in [-0.1, -0.05) is 26.7 Å². The van der Waals surface area contributed by atoms with Crippen LogP contribution in [0.2, 0.25) is 52.4 Å². The zero-order valence-electron chi connectivity index (χ0n) is 29.7. The normalized spacial score (nSPS) is 21.1. The molecule has 1 saturated carbocycles. The van der Waals surface area contributed by atoms with Crippen molar-refractivity contribution in [3.63, 3.8) is 0 Å². The van der Waals surface area contributed by atoms with Gasteiger partial charge in [0.15, 0.2) is 8.32 Å². The molecule has 46 heavy (non-hydrogen) atoms. The summed E-state index contributed by atoms with van der Waals surface area (Å²) in [6.45, 7) is 19.8. The van der Waals surface area contributed by atoms with E-state index in [0.29, 0.717) is 25.0 Å². The van der Waals surface area contributed by atoms with Crippen LogP contribution in [0.1, 0.15) is 39.5 Å². The van der Waals surface area contributed by atoms with Crippen molar-refractivity contribution in [1.29, 1.82) is 0 Å². The van der Waals surface area contributed by atoms with Crippen LogP contribution in [-0.2, 0) is 35.4 Å². The van der Waals surface area contributed by atoms with Gasteiger partial charge in [0.2, 0.25) is 7.83 Å². The molecule has 20 heteroatoms. The maximum atomic E-state index is 11.0. The van der Waals surface area contributed by atoms with Gasteiger partial charge >= 0.3 is 34.2 Å². The second-order valence-electron chi connectivity index (χ2n) is 14.5. The molecule has 1 aliphatic rings. The average Bonchev–Trinajstić information content (AvgIpc) is 2.85. The minimum absolute atomic E-state index is 0.0794. The first kappa shape index (κ1) is 44.8. The standard InChI is InChI=1S/C26H64O14Si6/c1-11-12-15-33-17-25(27)19-35-21-45(29,30)39-42(6,7)38-43(8,9)44(10,37-41(3,4)5)40-46(31,32)22-36-20-26(28)18-34-16-24-14-13-23(24)2/h23-32H,11-22H2,1-10H3. The minimum atomic E-state index is -4.47. The summed E-state index contributed by atoms with van der Waals surface area (Å²) in [5.41, 5.74) is 0. The molecule has 5 unspecified atom stereocenters. The molecule has 14 nitrogen and oxygen atoms in total. The molecule has 0 saturated heterocycles. The molecular formula is C26H64O14Si6. The fraction of sp³-hybridized carbons (Fsp3) is 1.00. The summed E-state index contributed by atoms with van der Waals surface area (Å²) in [7, 11) is -21.1. The predicted octanol–water partition coefficient (Wildman–Crippen LogP) is 1.50. The molecule has 5 atom stereocenters. The SMILES string of the molecule is CCCCOCC(O)COC[Si](O)(O)O[Si](C)(C)O[Si](C)(C)[Si](C)(O[Si](C)(C)C)O[Si](O)(O)COCC(O)COCC1CCC1C. The van der Waals surface area contributed by atoms with Gasteiger partial charge in [0.1, 0.15) is 24.7 Å². The Hall–Kier alpha value is 0.741. The molecule has 0 aromatic heterocycles. The maximum absolute atomic E-state index is 11.0. The lowest BCUT2D eigenvalue weighted by atomic mass is 9.75. The van der Waals surface area contributed by atoms with E-state index >= 15 is 0 Å². The molecule has 0 radical (unpaired) electrons. The fourth-order valence-electron chi connectivity index (χ4n) is 4.90. The Labute approximate surface area is 282 Å². The molecule has 0 heterocycles. The second kappa shape index (κ2) is 19.4. The molecule has 0 aromatic carbocycles. The highest BCUT2D eigenvalue weighted by Crippen LogP contribution is 2.34. The van der Waals surface area contributed by atoms with Crippen molar-refractivity contribution < 1.29 is 64.8 Å². The van der Waals surface area contributed by atoms with Crippen LogP contribution >= 0.6 is 0 Å². The summed E-state index contributed by atoms with van der Waals surface area (Å²) >= 11 is 0. The lowest BCUT2D eigenvalue weighted by Crippen LogP contribution is -2.73. The molecule has 1 rings (SSSR count). The number of hydrogen-bond donors (Lipinski definition) is 6. The van der Waals surface area contributed by atoms with Crippen LogP contribution in [0.5, 0.6) is 0 Å². The van der Waals surface area contributed by atoms with Gasteiger partial charge in [0.05, 0.1) is 26.4 Å². The van der Waals surface area contributed by atoms with Crippen molar-refractivity contribution in [3.8, 4) is 0 Å². The van der Waals surface area contributed by atoms with Gasteiger partial charge in [-0.05, 0) is 77.1 Å². The third-order valence-electron chi connectivity index (χ3n) is 7.46. The smallest absolute Gasteiger partial charge is 0.437 e. The Bertz CT molecular complexity index is 865. The molecule has 1 fully saturated rings. The average molecular weight is 769 g/mol. The monoisotopic (exact) mass is 768 g/mol. The van der Waals surface area contributed by atoms with Gasteiger partial charge in [-0.2, -0.15) is 0 Å². The molecule has 0 amide bonds. The summed E-state index contributed by atoms with van der Waals surface area (Å²) < 4.78 is 46.7. The lowest BCUT2D eigenvalue weighted by molar-refractivity contribution is -0.0389. The first-order valence-electron chi connectivity index (χ1n) is 16.3. The van der Waals surface area contributed by atoms with Crippen LogP contribution in [0.4, 0.5) is 0 Å². The molecule has 276 valence electrons. The van der Waals surface area contributed by atoms with E-state index in [1.165, 1.54) is 6.42 Å². The highest BCUT2D eigenvalue weighted by Gasteiger charge is 2.60. The first-order valence-corrected chi connectivity index (χ1v) is 32.8. The topological polar surface area (TPSA) is 195 Å². The largest absolute Gasteiger partial charge is 0.513 e. The zero-order valence-corrected chi connectivity index (χ0v) is 35.7. The van der Waals surface area contributed by atoms with Gasteiger partial charge in [-0.25, -0.2) is 0 Å². The van der Waals surface area contributed by atoms with Gasteiger partial charge in [-0.3, -0.25) is 0 Å². The van der Waals surface area contributed by atoms with Gasteiger partial charge < -0.3 is 64.8 Å². The van der Waals surface area contributed by atoms with Crippen molar-refractivity contribution in [1.82, 2.24) is 0 Å². The number of aliphatic hydroxyl groups excluding tert-OH is 2. The van der Waals surface area contributed by atoms with Gasteiger partial charge in [0.25, 0.3) is 0 Å². The number of unbranched alkanes of at least 4 members (excludes halogenated alkanes) is 1. The van der Waals surface area contributed by atoms with E-state index in [4.69, 9.17) is 35.4 Å². The number of ether oxygens (including phenoxy) is 4. The van der Waals surface area contributed by atoms with Gasteiger partial charge in [-0.15, -0.1) is 0 Å². The molecule has 0 aromatic rings. The van der Waals surface area contributed by atoms with Crippen LogP contribution in [0.15, 0.2) is 0 Å². The third-order valence-corrected chi connectivity index (χ3v) is 34.3. The van der Waals surface area contributed by atoms with Crippen LogP contribution in [0.3, 0.4) is 0 Å². The fourth-order valence-corrected chi connectivity index (χ4v) is 37.7. The van der Waals surface area contributed by atoms with E-state index < -0.39 is 75.1 Å². The molecule has 0 aliphatic heterocycles. The van der Waals surface area contributed by atoms with Crippen molar-refractivity contribution in [2.24, 2.45) is 11.8 Å². The van der Waals surface area contributed by atoms with Crippen molar-refractivity contribution in [2.45, 2.75) is 104 Å². The summed E-state index contributed by atoms with van der Waals surface area (Å²) in [5.74, 6) is 1.14. The first-order chi connectivity index (χ1) is 20.9. The van der Waals surface area contributed by atoms with E-state index in [-0.39, 0.29) is 26.4 Å². The van der Waals surface area contributed by atoms with E-state index in [1.807, 2.05) is 39.7 Å². The Morgan fingerprint density at radius 2 is 1.15 bits per heavy atom. The summed E-state index contributed by atoms with van der Waals surface area (Å²) in [6.07, 6.45) is 1.32. The van der Waals surface area contributed by atoms with Crippen LogP contribution in [0.25, 0.3) is 0 Å². The molecule has 6 N–H and O–H groups in total. The summed E-state index contributed by atoms with van der Waals surface area (Å²) in [5, 5.41) is 20.3. The van der Waals surface area contributed by atoms with Gasteiger partial charge in [0, 0.05) is 13.2 Å². The van der Waals surface area contributed by atoms with E-state index in [9.17, 15) is 29.4 Å². The van der Waals surface area contributed by atoms with E-state index in [1.54, 1.807) is 19.6 Å². The highest BCUT2D eigenvalue weighted by molar-refractivity contribution is 7.36. The number of rotatable bonds is 26. The Balaban J connectivity index is 2.77.